The van der Waals surface area contributed by atoms with Gasteiger partial charge in [-0.15, -0.1) is 0 Å². The quantitative estimate of drug-likeness (QED) is 0.839. The molecule has 1 atom stereocenters. The molecule has 1 N–H and O–H groups in total. The van der Waals surface area contributed by atoms with Gasteiger partial charge in [0.15, 0.2) is 6.10 Å². The van der Waals surface area contributed by atoms with Crippen LogP contribution < -0.4 is 5.32 Å². The summed E-state index contributed by atoms with van der Waals surface area (Å²) in [5, 5.41) is 2.55. The first-order valence-corrected chi connectivity index (χ1v) is 8.48. The van der Waals surface area contributed by atoms with Crippen LogP contribution in [0.4, 0.5) is 4.79 Å². The molecule has 6 heteroatoms. The predicted octanol–water partition coefficient (Wildman–Crippen LogP) is 2.37. The summed E-state index contributed by atoms with van der Waals surface area (Å²) in [4.78, 5) is 37.5. The average Bonchev–Trinajstić information content (AvgIpc) is 3.08. The number of amides is 3. The third kappa shape index (κ3) is 3.91. The van der Waals surface area contributed by atoms with Crippen molar-refractivity contribution < 1.29 is 19.1 Å². The molecule has 0 aliphatic carbocycles. The number of hydrogen-bond acceptors (Lipinski definition) is 4. The van der Waals surface area contributed by atoms with E-state index in [-0.39, 0.29) is 6.54 Å². The SMILES string of the molecule is CC(OC(=O)c1ccccc1Cc1ccccc1)C(=O)N1CCNC1=O. The molecule has 0 aromatic heterocycles. The number of hydrogen-bond donors (Lipinski definition) is 1. The Labute approximate surface area is 151 Å². The molecule has 0 saturated carbocycles. The molecule has 1 aliphatic rings. The Bertz CT molecular complexity index is 820. The van der Waals surface area contributed by atoms with Crippen molar-refractivity contribution in [3.63, 3.8) is 0 Å². The molecular formula is C20H20N2O4. The number of urea groups is 1. The molecule has 6 nitrogen and oxygen atoms in total. The van der Waals surface area contributed by atoms with E-state index < -0.39 is 24.0 Å². The minimum atomic E-state index is -1.03. The van der Waals surface area contributed by atoms with Gasteiger partial charge in [0.1, 0.15) is 0 Å². The van der Waals surface area contributed by atoms with Gasteiger partial charge in [-0.05, 0) is 30.5 Å². The van der Waals surface area contributed by atoms with Crippen molar-refractivity contribution >= 4 is 17.9 Å². The summed E-state index contributed by atoms with van der Waals surface area (Å²) in [6.45, 7) is 2.17. The molecule has 1 aliphatic heterocycles. The second kappa shape index (κ2) is 7.82. The van der Waals surface area contributed by atoms with Gasteiger partial charge in [-0.25, -0.2) is 9.59 Å². The molecule has 3 amide bonds. The van der Waals surface area contributed by atoms with E-state index >= 15 is 0 Å². The van der Waals surface area contributed by atoms with Crippen LogP contribution in [0.3, 0.4) is 0 Å². The first-order chi connectivity index (χ1) is 12.6. The Kier molecular flexibility index (Phi) is 5.31. The minimum Gasteiger partial charge on any atom is -0.449 e. The first kappa shape index (κ1) is 17.7. The van der Waals surface area contributed by atoms with Crippen molar-refractivity contribution in [3.8, 4) is 0 Å². The third-order valence-corrected chi connectivity index (χ3v) is 4.23. The van der Waals surface area contributed by atoms with E-state index in [2.05, 4.69) is 5.32 Å². The number of imide groups is 1. The maximum Gasteiger partial charge on any atom is 0.339 e. The van der Waals surface area contributed by atoms with Crippen molar-refractivity contribution in [2.24, 2.45) is 0 Å². The molecule has 0 radical (unpaired) electrons. The third-order valence-electron chi connectivity index (χ3n) is 4.23. The first-order valence-electron chi connectivity index (χ1n) is 8.48. The van der Waals surface area contributed by atoms with E-state index in [1.54, 1.807) is 12.1 Å². The van der Waals surface area contributed by atoms with Gasteiger partial charge in [0.2, 0.25) is 0 Å². The molecule has 3 rings (SSSR count). The maximum absolute atomic E-state index is 12.6. The van der Waals surface area contributed by atoms with Gasteiger partial charge in [-0.3, -0.25) is 9.69 Å². The van der Waals surface area contributed by atoms with E-state index in [4.69, 9.17) is 4.74 Å². The summed E-state index contributed by atoms with van der Waals surface area (Å²) in [6.07, 6.45) is -0.445. The zero-order valence-electron chi connectivity index (χ0n) is 14.5. The maximum atomic E-state index is 12.6. The summed E-state index contributed by atoms with van der Waals surface area (Å²) in [7, 11) is 0. The van der Waals surface area contributed by atoms with Crippen LogP contribution >= 0.6 is 0 Å². The van der Waals surface area contributed by atoms with Crippen molar-refractivity contribution in [3.05, 3.63) is 71.3 Å². The average molecular weight is 352 g/mol. The highest BCUT2D eigenvalue weighted by Crippen LogP contribution is 2.17. The lowest BCUT2D eigenvalue weighted by Crippen LogP contribution is -2.41. The molecule has 2 aromatic carbocycles. The zero-order chi connectivity index (χ0) is 18.5. The fraction of sp³-hybridized carbons (Fsp3) is 0.250. The number of nitrogens with one attached hydrogen (secondary N) is 1. The molecule has 1 unspecified atom stereocenters. The highest BCUT2D eigenvalue weighted by molar-refractivity contribution is 5.99. The smallest absolute Gasteiger partial charge is 0.339 e. The van der Waals surface area contributed by atoms with Gasteiger partial charge in [0.25, 0.3) is 5.91 Å². The number of carbonyl (C=O) groups is 3. The lowest BCUT2D eigenvalue weighted by atomic mass is 10.00. The molecule has 26 heavy (non-hydrogen) atoms. The van der Waals surface area contributed by atoms with Gasteiger partial charge in [-0.2, -0.15) is 0 Å². The van der Waals surface area contributed by atoms with Crippen LogP contribution in [0.25, 0.3) is 0 Å². The normalized spacial score (nSPS) is 14.7. The van der Waals surface area contributed by atoms with Gasteiger partial charge in [-0.1, -0.05) is 48.5 Å². The van der Waals surface area contributed by atoms with Crippen LogP contribution in [-0.2, 0) is 16.0 Å². The summed E-state index contributed by atoms with van der Waals surface area (Å²) in [5.41, 5.74) is 2.31. The molecule has 1 heterocycles. The van der Waals surface area contributed by atoms with Crippen molar-refractivity contribution in [2.75, 3.05) is 13.1 Å². The van der Waals surface area contributed by atoms with Crippen molar-refractivity contribution in [2.45, 2.75) is 19.4 Å². The standard InChI is InChI=1S/C20H20N2O4/c1-14(18(23)22-12-11-21-20(22)25)26-19(24)17-10-6-5-9-16(17)13-15-7-3-2-4-8-15/h2-10,14H,11-13H2,1H3,(H,21,25). The summed E-state index contributed by atoms with van der Waals surface area (Å²) < 4.78 is 5.33. The minimum absolute atomic E-state index is 0.282. The van der Waals surface area contributed by atoms with Crippen LogP contribution in [0.5, 0.6) is 0 Å². The molecule has 1 fully saturated rings. The molecule has 0 spiro atoms. The van der Waals surface area contributed by atoms with E-state index in [1.807, 2.05) is 42.5 Å². The van der Waals surface area contributed by atoms with E-state index in [0.717, 1.165) is 16.0 Å². The van der Waals surface area contributed by atoms with Crippen molar-refractivity contribution in [1.29, 1.82) is 0 Å². The van der Waals surface area contributed by atoms with Gasteiger partial charge < -0.3 is 10.1 Å². The van der Waals surface area contributed by atoms with Crippen LogP contribution in [0.15, 0.2) is 54.6 Å². The molecule has 134 valence electrons. The number of benzene rings is 2. The van der Waals surface area contributed by atoms with E-state index in [1.165, 1.54) is 6.92 Å². The highest BCUT2D eigenvalue weighted by atomic mass is 16.5. The second-order valence-electron chi connectivity index (χ2n) is 6.09. The molecule has 0 bridgehead atoms. The largest absolute Gasteiger partial charge is 0.449 e. The van der Waals surface area contributed by atoms with Crippen LogP contribution in [0, 0.1) is 0 Å². The fourth-order valence-corrected chi connectivity index (χ4v) is 2.87. The van der Waals surface area contributed by atoms with Gasteiger partial charge in [0.05, 0.1) is 5.56 Å². The van der Waals surface area contributed by atoms with Gasteiger partial charge in [0, 0.05) is 13.1 Å². The number of rotatable bonds is 5. The summed E-state index contributed by atoms with van der Waals surface area (Å²) in [5.74, 6) is -1.09. The predicted molar refractivity (Wildman–Crippen MR) is 95.7 cm³/mol. The number of carbonyl (C=O) groups excluding carboxylic acids is 3. The zero-order valence-corrected chi connectivity index (χ0v) is 14.5. The van der Waals surface area contributed by atoms with Crippen LogP contribution in [0.2, 0.25) is 0 Å². The topological polar surface area (TPSA) is 75.7 Å². The number of ether oxygens (including phenoxy) is 1. The Morgan fingerprint density at radius 3 is 2.50 bits per heavy atom. The fourth-order valence-electron chi connectivity index (χ4n) is 2.87. The number of esters is 1. The Morgan fingerprint density at radius 2 is 1.81 bits per heavy atom. The Hall–Kier alpha value is -3.15. The second-order valence-corrected chi connectivity index (χ2v) is 6.09. The molecule has 1 saturated heterocycles. The van der Waals surface area contributed by atoms with Crippen molar-refractivity contribution in [1.82, 2.24) is 10.2 Å². The molecular weight excluding hydrogens is 332 g/mol. The lowest BCUT2D eigenvalue weighted by molar-refractivity contribution is -0.136. The van der Waals surface area contributed by atoms with E-state index in [9.17, 15) is 14.4 Å². The monoisotopic (exact) mass is 352 g/mol. The van der Waals surface area contributed by atoms with Crippen LogP contribution in [-0.4, -0.2) is 42.0 Å². The Morgan fingerprint density at radius 1 is 1.12 bits per heavy atom. The summed E-state index contributed by atoms with van der Waals surface area (Å²) in [6, 6.07) is 16.5. The number of nitrogens with zero attached hydrogens (tertiary/aromatic N) is 1. The van der Waals surface area contributed by atoms with Gasteiger partial charge >= 0.3 is 12.0 Å². The molecule has 2 aromatic rings. The lowest BCUT2D eigenvalue weighted by Gasteiger charge is -2.19. The highest BCUT2D eigenvalue weighted by Gasteiger charge is 2.32. The summed E-state index contributed by atoms with van der Waals surface area (Å²) >= 11 is 0. The van der Waals surface area contributed by atoms with E-state index in [0.29, 0.717) is 18.5 Å². The Balaban J connectivity index is 1.71. The van der Waals surface area contributed by atoms with Crippen LogP contribution in [0.1, 0.15) is 28.4 Å².